The molecule has 0 fully saturated rings. The molecule has 0 spiro atoms. The van der Waals surface area contributed by atoms with Crippen LogP contribution in [0.5, 0.6) is 0 Å². The molecule has 0 bridgehead atoms. The Hall–Kier alpha value is -2.15. The van der Waals surface area contributed by atoms with Gasteiger partial charge in [0, 0.05) is 12.3 Å². The molecule has 0 aliphatic carbocycles. The van der Waals surface area contributed by atoms with Crippen molar-refractivity contribution in [2.45, 2.75) is 19.3 Å². The molecule has 0 aliphatic heterocycles. The zero-order chi connectivity index (χ0) is 15.5. The molecular formula is C14H15NO5S. The molecule has 0 amide bonds. The highest BCUT2D eigenvalue weighted by atomic mass is 32.2. The van der Waals surface area contributed by atoms with E-state index in [9.17, 15) is 13.2 Å². The van der Waals surface area contributed by atoms with Crippen molar-refractivity contribution in [3.05, 3.63) is 52.9 Å². The maximum Gasteiger partial charge on any atom is 0.338 e. The maximum atomic E-state index is 11.8. The minimum Gasteiger partial charge on any atom is -0.455 e. The average molecular weight is 309 g/mol. The van der Waals surface area contributed by atoms with Gasteiger partial charge in [0.05, 0.1) is 11.3 Å². The topological polar surface area (TPSA) is 86.5 Å². The summed E-state index contributed by atoms with van der Waals surface area (Å²) in [6, 6.07) is 7.95. The molecule has 2 aromatic rings. The number of carbonyl (C=O) groups is 1. The molecule has 0 saturated heterocycles. The van der Waals surface area contributed by atoms with Gasteiger partial charge in [-0.15, -0.1) is 0 Å². The molecule has 0 radical (unpaired) electrons. The molecule has 0 atom stereocenters. The summed E-state index contributed by atoms with van der Waals surface area (Å²) in [7, 11) is -3.09. The normalized spacial score (nSPS) is 11.3. The predicted octanol–water partition coefficient (Wildman–Crippen LogP) is 1.88. The first-order valence-electron chi connectivity index (χ1n) is 6.19. The Kier molecular flexibility index (Phi) is 4.42. The molecular weight excluding hydrogens is 294 g/mol. The van der Waals surface area contributed by atoms with Crippen LogP contribution in [0.4, 0.5) is 0 Å². The molecule has 21 heavy (non-hydrogen) atoms. The Morgan fingerprint density at radius 3 is 2.48 bits per heavy atom. The van der Waals surface area contributed by atoms with E-state index in [-0.39, 0.29) is 12.4 Å². The van der Waals surface area contributed by atoms with Crippen LogP contribution in [0, 0.1) is 6.92 Å². The molecule has 112 valence electrons. The smallest absolute Gasteiger partial charge is 0.338 e. The molecule has 0 saturated carbocycles. The van der Waals surface area contributed by atoms with Crippen molar-refractivity contribution < 1.29 is 22.5 Å². The van der Waals surface area contributed by atoms with Crippen molar-refractivity contribution in [2.75, 3.05) is 6.26 Å². The first-order chi connectivity index (χ1) is 9.83. The van der Waals surface area contributed by atoms with Gasteiger partial charge in [0.25, 0.3) is 0 Å². The Balaban J connectivity index is 1.96. The molecule has 0 unspecified atom stereocenters. The van der Waals surface area contributed by atoms with Crippen LogP contribution in [0.25, 0.3) is 0 Å². The van der Waals surface area contributed by atoms with Gasteiger partial charge in [-0.3, -0.25) is 0 Å². The van der Waals surface area contributed by atoms with E-state index in [4.69, 9.17) is 9.26 Å². The van der Waals surface area contributed by atoms with Gasteiger partial charge < -0.3 is 9.26 Å². The molecule has 7 heteroatoms. The highest BCUT2D eigenvalue weighted by Crippen LogP contribution is 2.10. The summed E-state index contributed by atoms with van der Waals surface area (Å²) in [5.41, 5.74) is 1.52. The van der Waals surface area contributed by atoms with Crippen molar-refractivity contribution in [1.82, 2.24) is 5.16 Å². The van der Waals surface area contributed by atoms with Crippen LogP contribution in [0.3, 0.4) is 0 Å². The van der Waals surface area contributed by atoms with Crippen molar-refractivity contribution in [1.29, 1.82) is 0 Å². The maximum absolute atomic E-state index is 11.8. The van der Waals surface area contributed by atoms with E-state index in [1.165, 1.54) is 12.1 Å². The van der Waals surface area contributed by atoms with E-state index >= 15 is 0 Å². The minimum atomic E-state index is -3.09. The Labute approximate surface area is 122 Å². The van der Waals surface area contributed by atoms with Gasteiger partial charge in [0.1, 0.15) is 18.1 Å². The van der Waals surface area contributed by atoms with E-state index in [1.807, 2.05) is 0 Å². The van der Waals surface area contributed by atoms with Crippen LogP contribution in [0.15, 0.2) is 34.9 Å². The Morgan fingerprint density at radius 1 is 1.29 bits per heavy atom. The lowest BCUT2D eigenvalue weighted by atomic mass is 10.1. The van der Waals surface area contributed by atoms with Crippen LogP contribution >= 0.6 is 0 Å². The van der Waals surface area contributed by atoms with E-state index in [0.717, 1.165) is 6.26 Å². The number of ether oxygens (including phenoxy) is 1. The highest BCUT2D eigenvalue weighted by molar-refractivity contribution is 7.89. The summed E-state index contributed by atoms with van der Waals surface area (Å²) in [6.07, 6.45) is 1.16. The standard InChI is InChI=1S/C14H15NO5S/c1-10-7-13(15-20-10)8-19-14(16)12-5-3-11(4-6-12)9-21(2,17)18/h3-7H,8-9H2,1-2H3. The lowest BCUT2D eigenvalue weighted by Gasteiger charge is -2.04. The summed E-state index contributed by atoms with van der Waals surface area (Å²) < 4.78 is 32.3. The molecule has 0 aliphatic rings. The number of rotatable bonds is 5. The number of hydrogen-bond acceptors (Lipinski definition) is 6. The predicted molar refractivity (Wildman–Crippen MR) is 75.3 cm³/mol. The van der Waals surface area contributed by atoms with Crippen molar-refractivity contribution in [3.63, 3.8) is 0 Å². The van der Waals surface area contributed by atoms with E-state index in [1.54, 1.807) is 25.1 Å². The summed E-state index contributed by atoms with van der Waals surface area (Å²) in [5, 5.41) is 3.72. The summed E-state index contributed by atoms with van der Waals surface area (Å²) >= 11 is 0. The van der Waals surface area contributed by atoms with Crippen molar-refractivity contribution in [2.24, 2.45) is 0 Å². The quantitative estimate of drug-likeness (QED) is 0.784. The third kappa shape index (κ3) is 4.71. The van der Waals surface area contributed by atoms with Crippen molar-refractivity contribution >= 4 is 15.8 Å². The van der Waals surface area contributed by atoms with Gasteiger partial charge in [-0.05, 0) is 24.6 Å². The molecule has 6 nitrogen and oxygen atoms in total. The Morgan fingerprint density at radius 2 is 1.95 bits per heavy atom. The van der Waals surface area contributed by atoms with E-state index in [2.05, 4.69) is 5.16 Å². The second-order valence-electron chi connectivity index (χ2n) is 4.77. The number of nitrogens with zero attached hydrogens (tertiary/aromatic N) is 1. The second-order valence-corrected chi connectivity index (χ2v) is 6.91. The summed E-state index contributed by atoms with van der Waals surface area (Å²) in [5.74, 6) is 0.0910. The molecule has 0 N–H and O–H groups in total. The SMILES string of the molecule is Cc1cc(COC(=O)c2ccc(CS(C)(=O)=O)cc2)no1. The van der Waals surface area contributed by atoms with Gasteiger partial charge in [-0.25, -0.2) is 13.2 Å². The van der Waals surface area contributed by atoms with Gasteiger partial charge in [0.15, 0.2) is 9.84 Å². The van der Waals surface area contributed by atoms with Gasteiger partial charge in [-0.1, -0.05) is 17.3 Å². The minimum absolute atomic E-state index is 0.0290. The molecule has 1 aromatic carbocycles. The molecule has 1 heterocycles. The fourth-order valence-electron chi connectivity index (χ4n) is 1.75. The zero-order valence-electron chi connectivity index (χ0n) is 11.7. The fourth-order valence-corrected chi connectivity index (χ4v) is 2.55. The monoisotopic (exact) mass is 309 g/mol. The largest absolute Gasteiger partial charge is 0.455 e. The fraction of sp³-hybridized carbons (Fsp3) is 0.286. The summed E-state index contributed by atoms with van der Waals surface area (Å²) in [4.78, 5) is 11.8. The van der Waals surface area contributed by atoms with Gasteiger partial charge in [-0.2, -0.15) is 0 Å². The number of aryl methyl sites for hydroxylation is 1. The van der Waals surface area contributed by atoms with Crippen LogP contribution in [0.2, 0.25) is 0 Å². The summed E-state index contributed by atoms with van der Waals surface area (Å²) in [6.45, 7) is 1.78. The van der Waals surface area contributed by atoms with Gasteiger partial charge in [0.2, 0.25) is 0 Å². The first kappa shape index (κ1) is 15.2. The number of carbonyl (C=O) groups excluding carboxylic acids is 1. The van der Waals surface area contributed by atoms with E-state index < -0.39 is 15.8 Å². The lowest BCUT2D eigenvalue weighted by molar-refractivity contribution is 0.0464. The molecule has 1 aromatic heterocycles. The highest BCUT2D eigenvalue weighted by Gasteiger charge is 2.10. The second kappa shape index (κ2) is 6.09. The number of aromatic nitrogens is 1. The van der Waals surface area contributed by atoms with Crippen LogP contribution in [-0.2, 0) is 26.9 Å². The number of benzene rings is 1. The number of hydrogen-bond donors (Lipinski definition) is 0. The zero-order valence-corrected chi connectivity index (χ0v) is 12.5. The average Bonchev–Trinajstić information content (AvgIpc) is 2.81. The first-order valence-corrected chi connectivity index (χ1v) is 8.25. The van der Waals surface area contributed by atoms with E-state index in [0.29, 0.717) is 22.6 Å². The van der Waals surface area contributed by atoms with Crippen molar-refractivity contribution in [3.8, 4) is 0 Å². The lowest BCUT2D eigenvalue weighted by Crippen LogP contribution is -2.06. The number of sulfone groups is 1. The van der Waals surface area contributed by atoms with Crippen LogP contribution in [0.1, 0.15) is 27.4 Å². The number of esters is 1. The third-order valence-corrected chi connectivity index (χ3v) is 3.50. The van der Waals surface area contributed by atoms with Crippen LogP contribution in [-0.4, -0.2) is 25.8 Å². The Bertz CT molecular complexity index is 731. The third-order valence-electron chi connectivity index (χ3n) is 2.65. The van der Waals surface area contributed by atoms with Crippen LogP contribution < -0.4 is 0 Å². The molecule has 2 rings (SSSR count). The van der Waals surface area contributed by atoms with Gasteiger partial charge >= 0.3 is 5.97 Å².